The van der Waals surface area contributed by atoms with Crippen LogP contribution in [0.25, 0.3) is 0 Å². The van der Waals surface area contributed by atoms with Gasteiger partial charge in [-0.1, -0.05) is 18.2 Å². The van der Waals surface area contributed by atoms with E-state index in [-0.39, 0.29) is 6.61 Å². The lowest BCUT2D eigenvalue weighted by atomic mass is 10.2. The van der Waals surface area contributed by atoms with Crippen LogP contribution >= 0.6 is 0 Å². The summed E-state index contributed by atoms with van der Waals surface area (Å²) in [6, 6.07) is 8.06. The molecule has 0 bridgehead atoms. The minimum absolute atomic E-state index is 0.0924. The molecule has 1 aromatic carbocycles. The standard InChI is InChI=1S/C14H23NO3/c1-2-18-14-7-4-3-6-13(14)12-15-8-5-10-17-11-9-16/h3-4,6-7,15-16H,2,5,8-12H2,1H3. The molecule has 0 fully saturated rings. The summed E-state index contributed by atoms with van der Waals surface area (Å²) in [5, 5.41) is 11.9. The van der Waals surface area contributed by atoms with Gasteiger partial charge in [0.15, 0.2) is 0 Å². The Labute approximate surface area is 109 Å². The van der Waals surface area contributed by atoms with Gasteiger partial charge in [0.05, 0.1) is 19.8 Å². The van der Waals surface area contributed by atoms with Crippen LogP contribution in [-0.4, -0.2) is 38.1 Å². The average Bonchev–Trinajstić information content (AvgIpc) is 2.40. The van der Waals surface area contributed by atoms with E-state index in [0.717, 1.165) is 25.3 Å². The van der Waals surface area contributed by atoms with Crippen molar-refractivity contribution < 1.29 is 14.6 Å². The molecular formula is C14H23NO3. The molecule has 0 aliphatic carbocycles. The van der Waals surface area contributed by atoms with Gasteiger partial charge in [0.2, 0.25) is 0 Å². The molecule has 0 spiro atoms. The number of hydrogen-bond donors (Lipinski definition) is 2. The van der Waals surface area contributed by atoms with Gasteiger partial charge in [-0.3, -0.25) is 0 Å². The topological polar surface area (TPSA) is 50.7 Å². The Bertz CT molecular complexity index is 318. The third kappa shape index (κ3) is 6.00. The maximum atomic E-state index is 8.54. The maximum absolute atomic E-state index is 8.54. The van der Waals surface area contributed by atoms with Gasteiger partial charge in [-0.2, -0.15) is 0 Å². The normalized spacial score (nSPS) is 10.6. The first-order valence-corrected chi connectivity index (χ1v) is 6.48. The Kier molecular flexibility index (Phi) is 8.21. The lowest BCUT2D eigenvalue weighted by Crippen LogP contribution is -2.17. The smallest absolute Gasteiger partial charge is 0.123 e. The molecule has 0 saturated heterocycles. The first-order valence-electron chi connectivity index (χ1n) is 6.48. The zero-order chi connectivity index (χ0) is 13.1. The minimum Gasteiger partial charge on any atom is -0.494 e. The van der Waals surface area contributed by atoms with Crippen molar-refractivity contribution >= 4 is 0 Å². The molecule has 0 aliphatic rings. The second-order valence-corrected chi connectivity index (χ2v) is 3.91. The van der Waals surface area contributed by atoms with Crippen LogP contribution in [-0.2, 0) is 11.3 Å². The van der Waals surface area contributed by atoms with Crippen LogP contribution in [0.3, 0.4) is 0 Å². The van der Waals surface area contributed by atoms with Gasteiger partial charge in [-0.25, -0.2) is 0 Å². The Morgan fingerprint density at radius 3 is 2.83 bits per heavy atom. The molecule has 0 heterocycles. The molecule has 18 heavy (non-hydrogen) atoms. The van der Waals surface area contributed by atoms with Gasteiger partial charge in [-0.15, -0.1) is 0 Å². The number of hydrogen-bond acceptors (Lipinski definition) is 4. The largest absolute Gasteiger partial charge is 0.494 e. The van der Waals surface area contributed by atoms with Crippen molar-refractivity contribution in [3.05, 3.63) is 29.8 Å². The van der Waals surface area contributed by atoms with Crippen molar-refractivity contribution in [1.29, 1.82) is 0 Å². The Balaban J connectivity index is 2.18. The quantitative estimate of drug-likeness (QED) is 0.622. The van der Waals surface area contributed by atoms with E-state index < -0.39 is 0 Å². The Morgan fingerprint density at radius 2 is 2.06 bits per heavy atom. The second-order valence-electron chi connectivity index (χ2n) is 3.91. The fourth-order valence-corrected chi connectivity index (χ4v) is 1.64. The van der Waals surface area contributed by atoms with E-state index in [4.69, 9.17) is 14.6 Å². The summed E-state index contributed by atoms with van der Waals surface area (Å²) >= 11 is 0. The molecule has 0 unspecified atom stereocenters. The van der Waals surface area contributed by atoms with Crippen LogP contribution in [0.15, 0.2) is 24.3 Å². The lowest BCUT2D eigenvalue weighted by molar-refractivity contribution is 0.0907. The maximum Gasteiger partial charge on any atom is 0.123 e. The summed E-state index contributed by atoms with van der Waals surface area (Å²) in [5.74, 6) is 0.948. The van der Waals surface area contributed by atoms with Crippen LogP contribution in [0.2, 0.25) is 0 Å². The predicted octanol–water partition coefficient (Wildman–Crippen LogP) is 1.57. The molecule has 4 heteroatoms. The van der Waals surface area contributed by atoms with Crippen molar-refractivity contribution in [3.63, 3.8) is 0 Å². The van der Waals surface area contributed by atoms with E-state index in [1.165, 1.54) is 5.56 Å². The summed E-state index contributed by atoms with van der Waals surface area (Å²) < 4.78 is 10.7. The van der Waals surface area contributed by atoms with E-state index in [1.54, 1.807) is 0 Å². The van der Waals surface area contributed by atoms with Gasteiger partial charge < -0.3 is 19.9 Å². The molecular weight excluding hydrogens is 230 g/mol. The van der Waals surface area contributed by atoms with Crippen molar-refractivity contribution in [2.45, 2.75) is 19.9 Å². The molecule has 102 valence electrons. The second kappa shape index (κ2) is 9.88. The lowest BCUT2D eigenvalue weighted by Gasteiger charge is -2.10. The zero-order valence-corrected chi connectivity index (χ0v) is 11.0. The van der Waals surface area contributed by atoms with Crippen LogP contribution in [0, 0.1) is 0 Å². The Morgan fingerprint density at radius 1 is 1.22 bits per heavy atom. The van der Waals surface area contributed by atoms with Crippen LogP contribution in [0.1, 0.15) is 18.9 Å². The van der Waals surface area contributed by atoms with Gasteiger partial charge >= 0.3 is 0 Å². The number of para-hydroxylation sites is 1. The third-order valence-electron chi connectivity index (χ3n) is 2.47. The van der Waals surface area contributed by atoms with Gasteiger partial charge in [0.25, 0.3) is 0 Å². The van der Waals surface area contributed by atoms with Crippen molar-refractivity contribution in [2.75, 3.05) is 33.0 Å². The van der Waals surface area contributed by atoms with E-state index in [0.29, 0.717) is 19.8 Å². The molecule has 0 aromatic heterocycles. The van der Waals surface area contributed by atoms with Crippen molar-refractivity contribution in [3.8, 4) is 5.75 Å². The highest BCUT2D eigenvalue weighted by Gasteiger charge is 2.01. The highest BCUT2D eigenvalue weighted by molar-refractivity contribution is 5.33. The summed E-state index contributed by atoms with van der Waals surface area (Å²) in [4.78, 5) is 0. The van der Waals surface area contributed by atoms with Crippen molar-refractivity contribution in [2.24, 2.45) is 0 Å². The highest BCUT2D eigenvalue weighted by Crippen LogP contribution is 2.17. The number of nitrogens with one attached hydrogen (secondary N) is 1. The van der Waals surface area contributed by atoms with E-state index in [1.807, 2.05) is 25.1 Å². The van der Waals surface area contributed by atoms with Gasteiger partial charge in [-0.05, 0) is 26.0 Å². The monoisotopic (exact) mass is 253 g/mol. The number of ether oxygens (including phenoxy) is 2. The van der Waals surface area contributed by atoms with Crippen LogP contribution in [0.5, 0.6) is 5.75 Å². The van der Waals surface area contributed by atoms with E-state index in [2.05, 4.69) is 11.4 Å². The van der Waals surface area contributed by atoms with Crippen molar-refractivity contribution in [1.82, 2.24) is 5.32 Å². The summed E-state index contributed by atoms with van der Waals surface area (Å²) in [5.41, 5.74) is 1.18. The fraction of sp³-hybridized carbons (Fsp3) is 0.571. The fourth-order valence-electron chi connectivity index (χ4n) is 1.64. The SMILES string of the molecule is CCOc1ccccc1CNCCCOCCO. The third-order valence-corrected chi connectivity index (χ3v) is 2.47. The Hall–Kier alpha value is -1.10. The molecule has 0 saturated carbocycles. The summed E-state index contributed by atoms with van der Waals surface area (Å²) in [7, 11) is 0. The first kappa shape index (κ1) is 15.0. The predicted molar refractivity (Wildman–Crippen MR) is 71.8 cm³/mol. The number of rotatable bonds is 10. The van der Waals surface area contributed by atoms with Crippen LogP contribution < -0.4 is 10.1 Å². The van der Waals surface area contributed by atoms with Gasteiger partial charge in [0, 0.05) is 18.7 Å². The summed E-state index contributed by atoms with van der Waals surface area (Å²) in [6.45, 7) is 5.57. The molecule has 0 radical (unpaired) electrons. The zero-order valence-electron chi connectivity index (χ0n) is 11.0. The highest BCUT2D eigenvalue weighted by atomic mass is 16.5. The van der Waals surface area contributed by atoms with Gasteiger partial charge in [0.1, 0.15) is 5.75 Å². The molecule has 4 nitrogen and oxygen atoms in total. The summed E-state index contributed by atoms with van der Waals surface area (Å²) in [6.07, 6.45) is 0.941. The minimum atomic E-state index is 0.0924. The average molecular weight is 253 g/mol. The number of benzene rings is 1. The molecule has 0 amide bonds. The van der Waals surface area contributed by atoms with Crippen LogP contribution in [0.4, 0.5) is 0 Å². The number of aliphatic hydroxyl groups is 1. The molecule has 0 atom stereocenters. The van der Waals surface area contributed by atoms with E-state index in [9.17, 15) is 0 Å². The number of aliphatic hydroxyl groups excluding tert-OH is 1. The molecule has 0 aliphatic heterocycles. The first-order chi connectivity index (χ1) is 8.88. The molecule has 1 aromatic rings. The van der Waals surface area contributed by atoms with E-state index >= 15 is 0 Å². The molecule has 2 N–H and O–H groups in total. The molecule has 1 rings (SSSR count).